The molecule has 23 heavy (non-hydrogen) atoms. The molecule has 8 nitrogen and oxygen atoms in total. The van der Waals surface area contributed by atoms with Crippen molar-refractivity contribution in [2.45, 2.75) is 29.8 Å². The van der Waals surface area contributed by atoms with Crippen molar-refractivity contribution in [2.75, 3.05) is 13.7 Å². The first-order valence-electron chi connectivity index (χ1n) is 6.98. The molecule has 1 atom stereocenters. The summed E-state index contributed by atoms with van der Waals surface area (Å²) in [6.07, 6.45) is 1.66. The van der Waals surface area contributed by atoms with Crippen molar-refractivity contribution in [3.63, 3.8) is 0 Å². The van der Waals surface area contributed by atoms with E-state index in [0.29, 0.717) is 0 Å². The average Bonchev–Trinajstić information content (AvgIpc) is 3.30. The van der Waals surface area contributed by atoms with Gasteiger partial charge in [-0.15, -0.1) is 0 Å². The van der Waals surface area contributed by atoms with Gasteiger partial charge in [-0.2, -0.15) is 0 Å². The van der Waals surface area contributed by atoms with Gasteiger partial charge in [-0.1, -0.05) is 0 Å². The zero-order valence-electron chi connectivity index (χ0n) is 12.5. The third-order valence-corrected chi connectivity index (χ3v) is 4.80. The van der Waals surface area contributed by atoms with Crippen LogP contribution in [0.3, 0.4) is 0 Å². The third-order valence-electron chi connectivity index (χ3n) is 3.26. The fraction of sp³-hybridized carbons (Fsp3) is 0.429. The van der Waals surface area contributed by atoms with Crippen LogP contribution in [0.5, 0.6) is 0 Å². The molecule has 0 heterocycles. The van der Waals surface area contributed by atoms with Crippen molar-refractivity contribution in [1.29, 1.82) is 0 Å². The van der Waals surface area contributed by atoms with E-state index < -0.39 is 27.9 Å². The second-order valence-electron chi connectivity index (χ2n) is 5.24. The summed E-state index contributed by atoms with van der Waals surface area (Å²) < 4.78 is 31.3. The van der Waals surface area contributed by atoms with E-state index in [1.54, 1.807) is 0 Å². The van der Waals surface area contributed by atoms with E-state index in [9.17, 15) is 18.0 Å². The molecule has 0 aliphatic heterocycles. The van der Waals surface area contributed by atoms with E-state index in [1.165, 1.54) is 31.4 Å². The average molecular weight is 342 g/mol. The Labute approximate surface area is 133 Å². The lowest BCUT2D eigenvalue weighted by Gasteiger charge is -2.13. The first-order chi connectivity index (χ1) is 10.8. The van der Waals surface area contributed by atoms with Gasteiger partial charge < -0.3 is 15.2 Å². The fourth-order valence-electron chi connectivity index (χ4n) is 1.86. The van der Waals surface area contributed by atoms with E-state index >= 15 is 0 Å². The van der Waals surface area contributed by atoms with Crippen LogP contribution >= 0.6 is 0 Å². The molecule has 2 rings (SSSR count). The molecule has 0 bridgehead atoms. The Morgan fingerprint density at radius 2 is 1.91 bits per heavy atom. The van der Waals surface area contributed by atoms with Gasteiger partial charge in [0.1, 0.15) is 0 Å². The molecule has 0 radical (unpaired) electrons. The number of sulfonamides is 1. The number of nitrogens with one attached hydrogen (secondary N) is 2. The first kappa shape index (κ1) is 17.4. The molecule has 126 valence electrons. The summed E-state index contributed by atoms with van der Waals surface area (Å²) in [6.45, 7) is -0.168. The number of hydrogen-bond acceptors (Lipinski definition) is 5. The summed E-state index contributed by atoms with van der Waals surface area (Å²) in [7, 11) is -2.25. The number of amides is 1. The minimum absolute atomic E-state index is 0.00616. The normalized spacial score (nSPS) is 15.9. The molecule has 3 N–H and O–H groups in total. The van der Waals surface area contributed by atoms with E-state index in [1.807, 2.05) is 0 Å². The van der Waals surface area contributed by atoms with Gasteiger partial charge in [-0.05, 0) is 37.1 Å². The van der Waals surface area contributed by atoms with Gasteiger partial charge in [-0.3, -0.25) is 4.79 Å². The molecule has 1 fully saturated rings. The van der Waals surface area contributed by atoms with Crippen molar-refractivity contribution >= 4 is 21.9 Å². The lowest BCUT2D eigenvalue weighted by Crippen LogP contribution is -2.43. The Hall–Kier alpha value is -1.97. The molecule has 1 amide bonds. The quantitative estimate of drug-likeness (QED) is 0.609. The van der Waals surface area contributed by atoms with Crippen LogP contribution in [0.4, 0.5) is 0 Å². The fourth-order valence-corrected chi connectivity index (χ4v) is 3.16. The minimum Gasteiger partial charge on any atom is -0.480 e. The van der Waals surface area contributed by atoms with Crippen molar-refractivity contribution in [3.8, 4) is 0 Å². The van der Waals surface area contributed by atoms with Crippen LogP contribution in [0.1, 0.15) is 23.2 Å². The molecular formula is C14H18N2O6S. The topological polar surface area (TPSA) is 122 Å². The molecule has 1 aliphatic rings. The number of carboxylic acids is 1. The monoisotopic (exact) mass is 342 g/mol. The van der Waals surface area contributed by atoms with Crippen LogP contribution in [-0.2, 0) is 19.6 Å². The van der Waals surface area contributed by atoms with Crippen LogP contribution in [0.15, 0.2) is 29.2 Å². The van der Waals surface area contributed by atoms with Crippen LogP contribution < -0.4 is 10.0 Å². The predicted molar refractivity (Wildman–Crippen MR) is 80.6 cm³/mol. The Morgan fingerprint density at radius 3 is 2.39 bits per heavy atom. The highest BCUT2D eigenvalue weighted by molar-refractivity contribution is 7.89. The number of carbonyl (C=O) groups is 2. The van der Waals surface area contributed by atoms with Crippen molar-refractivity contribution in [3.05, 3.63) is 29.8 Å². The molecule has 1 aromatic carbocycles. The summed E-state index contributed by atoms with van der Waals surface area (Å²) in [5, 5.41) is 11.3. The van der Waals surface area contributed by atoms with Crippen LogP contribution in [0.2, 0.25) is 0 Å². The van der Waals surface area contributed by atoms with Crippen LogP contribution in [0.25, 0.3) is 0 Å². The lowest BCUT2D eigenvalue weighted by atomic mass is 10.2. The second kappa shape index (κ2) is 7.07. The van der Waals surface area contributed by atoms with Crippen molar-refractivity contribution < 1.29 is 27.9 Å². The van der Waals surface area contributed by atoms with E-state index in [2.05, 4.69) is 10.0 Å². The number of carboxylic acid groups (broad SMARTS) is 1. The van der Waals surface area contributed by atoms with Gasteiger partial charge in [0.2, 0.25) is 10.0 Å². The van der Waals surface area contributed by atoms with Gasteiger partial charge in [0.15, 0.2) is 6.04 Å². The van der Waals surface area contributed by atoms with E-state index in [0.717, 1.165) is 12.8 Å². The Balaban J connectivity index is 2.06. The number of carbonyl (C=O) groups excluding carboxylic acids is 1. The highest BCUT2D eigenvalue weighted by Gasteiger charge is 2.28. The molecule has 0 aromatic heterocycles. The van der Waals surface area contributed by atoms with E-state index in [-0.39, 0.29) is 23.1 Å². The Kier molecular flexibility index (Phi) is 5.34. The van der Waals surface area contributed by atoms with Gasteiger partial charge >= 0.3 is 5.97 Å². The maximum Gasteiger partial charge on any atom is 0.328 e. The number of ether oxygens (including phenoxy) is 1. The summed E-state index contributed by atoms with van der Waals surface area (Å²) in [5.74, 6) is -1.83. The molecular weight excluding hydrogens is 324 g/mol. The highest BCUT2D eigenvalue weighted by Crippen LogP contribution is 2.22. The maximum absolute atomic E-state index is 12.0. The number of methoxy groups -OCH3 is 1. The molecule has 1 aliphatic carbocycles. The van der Waals surface area contributed by atoms with Crippen LogP contribution in [0, 0.1) is 0 Å². The molecule has 9 heteroatoms. The van der Waals surface area contributed by atoms with E-state index in [4.69, 9.17) is 9.84 Å². The largest absolute Gasteiger partial charge is 0.480 e. The number of rotatable bonds is 8. The summed E-state index contributed by atoms with van der Waals surface area (Å²) in [6, 6.07) is 4.11. The smallest absolute Gasteiger partial charge is 0.328 e. The third kappa shape index (κ3) is 4.75. The molecule has 0 spiro atoms. The zero-order valence-corrected chi connectivity index (χ0v) is 13.3. The van der Waals surface area contributed by atoms with Gasteiger partial charge in [0, 0.05) is 18.7 Å². The number of aliphatic carboxylic acids is 1. The lowest BCUT2D eigenvalue weighted by molar-refractivity contribution is -0.140. The predicted octanol–water partition coefficient (Wildman–Crippen LogP) is -0.0433. The minimum atomic E-state index is -3.58. The highest BCUT2D eigenvalue weighted by atomic mass is 32.2. The van der Waals surface area contributed by atoms with Gasteiger partial charge in [-0.25, -0.2) is 17.9 Å². The SMILES string of the molecule is COCC(NC(=O)c1ccc(S(=O)(=O)NC2CC2)cc1)C(=O)O. The number of benzene rings is 1. The molecule has 1 unspecified atom stereocenters. The summed E-state index contributed by atoms with van der Waals surface area (Å²) in [5.41, 5.74) is 0.165. The standard InChI is InChI=1S/C14H18N2O6S/c1-22-8-12(14(18)19)15-13(17)9-2-6-11(7-3-9)23(20,21)16-10-4-5-10/h2-3,6-7,10,12,16H,4-5,8H2,1H3,(H,15,17)(H,18,19). The Morgan fingerprint density at radius 1 is 1.30 bits per heavy atom. The van der Waals surface area contributed by atoms with Gasteiger partial charge in [0.25, 0.3) is 5.91 Å². The Bertz CT molecular complexity index is 682. The van der Waals surface area contributed by atoms with Gasteiger partial charge in [0.05, 0.1) is 11.5 Å². The first-order valence-corrected chi connectivity index (χ1v) is 8.47. The molecule has 0 saturated heterocycles. The molecule has 1 saturated carbocycles. The summed E-state index contributed by atoms with van der Waals surface area (Å²) >= 11 is 0. The summed E-state index contributed by atoms with van der Waals surface area (Å²) in [4.78, 5) is 23.0. The van der Waals surface area contributed by atoms with Crippen LogP contribution in [-0.4, -0.2) is 51.2 Å². The molecule has 1 aromatic rings. The zero-order chi connectivity index (χ0) is 17.0. The maximum atomic E-state index is 12.0. The van der Waals surface area contributed by atoms with Crippen molar-refractivity contribution in [1.82, 2.24) is 10.0 Å². The second-order valence-corrected chi connectivity index (χ2v) is 6.95. The number of hydrogen-bond donors (Lipinski definition) is 3. The van der Waals surface area contributed by atoms with Crippen molar-refractivity contribution in [2.24, 2.45) is 0 Å².